The number of carbonyl (C=O) groups excluding carboxylic acids is 6. The van der Waals surface area contributed by atoms with E-state index in [9.17, 15) is 38.7 Å². The smallest absolute Gasteiger partial charge is 0.326 e. The summed E-state index contributed by atoms with van der Waals surface area (Å²) in [5.74, 6) is -7.51. The SMILES string of the molecule is CC(O)C(NC(=O)C(CCC(N)=O)NC(=O)C(N)CC(N)=O)C(=O)NC(CC(N)=O)C(=O)O. The first-order valence-corrected chi connectivity index (χ1v) is 9.58. The quantitative estimate of drug-likeness (QED) is 0.108. The summed E-state index contributed by atoms with van der Waals surface area (Å²) in [5, 5.41) is 25.2. The van der Waals surface area contributed by atoms with Crippen LogP contribution in [0.5, 0.6) is 0 Å². The molecule has 0 radical (unpaired) electrons. The molecule has 0 heterocycles. The van der Waals surface area contributed by atoms with Crippen LogP contribution in [0.25, 0.3) is 0 Å². The van der Waals surface area contributed by atoms with Gasteiger partial charge >= 0.3 is 5.97 Å². The van der Waals surface area contributed by atoms with E-state index in [0.29, 0.717) is 0 Å². The van der Waals surface area contributed by atoms with Gasteiger partial charge in [0.1, 0.15) is 18.1 Å². The van der Waals surface area contributed by atoms with Gasteiger partial charge < -0.3 is 49.1 Å². The highest BCUT2D eigenvalue weighted by molar-refractivity contribution is 5.96. The van der Waals surface area contributed by atoms with Crippen molar-refractivity contribution in [2.75, 3.05) is 0 Å². The van der Waals surface area contributed by atoms with Gasteiger partial charge in [-0.1, -0.05) is 0 Å². The van der Waals surface area contributed by atoms with Crippen molar-refractivity contribution in [2.45, 2.75) is 62.9 Å². The van der Waals surface area contributed by atoms with Crippen molar-refractivity contribution >= 4 is 41.4 Å². The number of aliphatic hydroxyl groups excluding tert-OH is 1. The lowest BCUT2D eigenvalue weighted by molar-refractivity contribution is -0.144. The molecular weight excluding hydrogens is 446 g/mol. The number of hydrogen-bond acceptors (Lipinski definition) is 9. The molecule has 5 atom stereocenters. The molecule has 0 aliphatic rings. The summed E-state index contributed by atoms with van der Waals surface area (Å²) in [6.45, 7) is 1.11. The summed E-state index contributed by atoms with van der Waals surface area (Å²) in [5.41, 5.74) is 20.5. The number of carbonyl (C=O) groups is 7. The van der Waals surface area contributed by atoms with Gasteiger partial charge in [0.15, 0.2) is 0 Å². The van der Waals surface area contributed by atoms with Crippen LogP contribution in [0.1, 0.15) is 32.6 Å². The zero-order chi connectivity index (χ0) is 25.9. The van der Waals surface area contributed by atoms with Crippen molar-refractivity contribution in [2.24, 2.45) is 22.9 Å². The molecule has 0 fully saturated rings. The second-order valence-corrected chi connectivity index (χ2v) is 7.14. The van der Waals surface area contributed by atoms with Crippen LogP contribution in [0.3, 0.4) is 0 Å². The second kappa shape index (κ2) is 13.6. The molecule has 0 spiro atoms. The molecule has 33 heavy (non-hydrogen) atoms. The van der Waals surface area contributed by atoms with E-state index < -0.39 is 84.5 Å². The molecule has 186 valence electrons. The number of amides is 6. The molecule has 0 aliphatic carbocycles. The zero-order valence-corrected chi connectivity index (χ0v) is 17.8. The van der Waals surface area contributed by atoms with E-state index in [1.807, 2.05) is 5.32 Å². The van der Waals surface area contributed by atoms with E-state index in [1.54, 1.807) is 0 Å². The van der Waals surface area contributed by atoms with Crippen LogP contribution in [0, 0.1) is 0 Å². The molecule has 0 aromatic rings. The Morgan fingerprint density at radius 3 is 1.70 bits per heavy atom. The third-order valence-corrected chi connectivity index (χ3v) is 4.15. The van der Waals surface area contributed by atoms with Crippen LogP contribution in [0.15, 0.2) is 0 Å². The first-order chi connectivity index (χ1) is 15.1. The molecule has 5 unspecified atom stereocenters. The van der Waals surface area contributed by atoms with Gasteiger partial charge in [-0.15, -0.1) is 0 Å². The lowest BCUT2D eigenvalue weighted by atomic mass is 10.1. The molecule has 0 aromatic carbocycles. The molecule has 0 bridgehead atoms. The summed E-state index contributed by atoms with van der Waals surface area (Å²) in [6, 6.07) is -6.34. The normalized spacial score (nSPS) is 15.1. The summed E-state index contributed by atoms with van der Waals surface area (Å²) in [6.07, 6.45) is -3.54. The van der Waals surface area contributed by atoms with Crippen LogP contribution >= 0.6 is 0 Å². The second-order valence-electron chi connectivity index (χ2n) is 7.14. The maximum atomic E-state index is 12.7. The van der Waals surface area contributed by atoms with E-state index in [1.165, 1.54) is 0 Å². The minimum Gasteiger partial charge on any atom is -0.480 e. The fraction of sp³-hybridized carbons (Fsp3) is 0.588. The number of nitrogens with one attached hydrogen (secondary N) is 3. The van der Waals surface area contributed by atoms with E-state index in [4.69, 9.17) is 28.0 Å². The minimum atomic E-state index is -1.73. The Hall–Kier alpha value is -3.79. The van der Waals surface area contributed by atoms with Crippen LogP contribution in [0.2, 0.25) is 0 Å². The average Bonchev–Trinajstić information content (AvgIpc) is 2.66. The maximum absolute atomic E-state index is 12.7. The molecule has 16 heteroatoms. The minimum absolute atomic E-state index is 0.330. The van der Waals surface area contributed by atoms with Crippen molar-refractivity contribution in [1.29, 1.82) is 0 Å². The van der Waals surface area contributed by atoms with Gasteiger partial charge in [-0.05, 0) is 13.3 Å². The van der Waals surface area contributed by atoms with Crippen LogP contribution < -0.4 is 38.9 Å². The zero-order valence-electron chi connectivity index (χ0n) is 17.8. The highest BCUT2D eigenvalue weighted by Gasteiger charge is 2.33. The molecule has 0 aliphatic heterocycles. The summed E-state index contributed by atoms with van der Waals surface area (Å²) < 4.78 is 0. The number of aliphatic carboxylic acids is 1. The number of carboxylic acids is 1. The molecule has 0 saturated heterocycles. The monoisotopic (exact) mass is 475 g/mol. The summed E-state index contributed by atoms with van der Waals surface area (Å²) in [4.78, 5) is 81.4. The fourth-order valence-electron chi connectivity index (χ4n) is 2.47. The first-order valence-electron chi connectivity index (χ1n) is 9.58. The van der Waals surface area contributed by atoms with Crippen molar-refractivity contribution in [3.8, 4) is 0 Å². The fourth-order valence-corrected chi connectivity index (χ4v) is 2.47. The summed E-state index contributed by atoms with van der Waals surface area (Å²) >= 11 is 0. The Bertz CT molecular complexity index is 787. The third-order valence-electron chi connectivity index (χ3n) is 4.15. The van der Waals surface area contributed by atoms with Gasteiger partial charge in [-0.2, -0.15) is 0 Å². The number of rotatable bonds is 15. The van der Waals surface area contributed by atoms with Crippen molar-refractivity contribution in [3.05, 3.63) is 0 Å². The van der Waals surface area contributed by atoms with Crippen molar-refractivity contribution < 1.29 is 43.8 Å². The standard InChI is InChI=1S/C17H29N7O9/c1-6(25)13(16(31)23-9(17(32)33)5-12(21)28)24-15(30)8(2-3-10(19)26)22-14(29)7(18)4-11(20)27/h6-9,13,25H,2-5,18H2,1H3,(H2,19,26)(H2,20,27)(H2,21,28)(H,22,29)(H,23,31)(H,24,30)(H,32,33). The van der Waals surface area contributed by atoms with Gasteiger partial charge in [0.05, 0.1) is 25.0 Å². The Morgan fingerprint density at radius 2 is 1.27 bits per heavy atom. The number of aliphatic hydroxyl groups is 1. The molecule has 0 rings (SSSR count). The number of nitrogens with two attached hydrogens (primary N) is 4. The van der Waals surface area contributed by atoms with Gasteiger partial charge in [-0.25, -0.2) is 4.79 Å². The van der Waals surface area contributed by atoms with Crippen LogP contribution in [0.4, 0.5) is 0 Å². The van der Waals surface area contributed by atoms with E-state index in [0.717, 1.165) is 6.92 Å². The van der Waals surface area contributed by atoms with E-state index >= 15 is 0 Å². The largest absolute Gasteiger partial charge is 0.480 e. The number of carboxylic acid groups (broad SMARTS) is 1. The Labute approximate surface area is 187 Å². The number of hydrogen-bond donors (Lipinski definition) is 9. The first kappa shape index (κ1) is 29.2. The predicted octanol–water partition coefficient (Wildman–Crippen LogP) is -5.75. The third kappa shape index (κ3) is 11.4. The molecule has 0 saturated carbocycles. The van der Waals surface area contributed by atoms with Crippen molar-refractivity contribution in [1.82, 2.24) is 16.0 Å². The topological polar surface area (TPSA) is 300 Å². The number of primary amides is 3. The highest BCUT2D eigenvalue weighted by atomic mass is 16.4. The van der Waals surface area contributed by atoms with E-state index in [2.05, 4.69) is 10.6 Å². The van der Waals surface area contributed by atoms with Gasteiger partial charge in [0.25, 0.3) is 0 Å². The van der Waals surface area contributed by atoms with Crippen LogP contribution in [-0.2, 0) is 33.6 Å². The average molecular weight is 475 g/mol. The Kier molecular flexibility index (Phi) is 12.0. The van der Waals surface area contributed by atoms with Crippen molar-refractivity contribution in [3.63, 3.8) is 0 Å². The summed E-state index contributed by atoms with van der Waals surface area (Å²) in [7, 11) is 0. The Morgan fingerprint density at radius 1 is 0.758 bits per heavy atom. The molecular formula is C17H29N7O9. The Balaban J connectivity index is 5.52. The van der Waals surface area contributed by atoms with Gasteiger partial charge in [0, 0.05) is 6.42 Å². The lowest BCUT2D eigenvalue weighted by Gasteiger charge is -2.26. The van der Waals surface area contributed by atoms with E-state index in [-0.39, 0.29) is 12.8 Å². The molecule has 6 amide bonds. The predicted molar refractivity (Wildman–Crippen MR) is 109 cm³/mol. The maximum Gasteiger partial charge on any atom is 0.326 e. The van der Waals surface area contributed by atoms with Gasteiger partial charge in [0.2, 0.25) is 35.4 Å². The highest BCUT2D eigenvalue weighted by Crippen LogP contribution is 2.03. The molecule has 13 N–H and O–H groups in total. The molecule has 0 aromatic heterocycles. The van der Waals surface area contributed by atoms with Crippen LogP contribution in [-0.4, -0.2) is 81.9 Å². The van der Waals surface area contributed by atoms with Gasteiger partial charge in [-0.3, -0.25) is 28.8 Å². The molecule has 16 nitrogen and oxygen atoms in total. The lowest BCUT2D eigenvalue weighted by Crippen LogP contribution is -2.60.